The van der Waals surface area contributed by atoms with Crippen LogP contribution < -0.4 is 0 Å². The average molecular weight is 433 g/mol. The van der Waals surface area contributed by atoms with E-state index in [4.69, 9.17) is 5.73 Å². The number of likely N-dealkylation sites (tertiary alicyclic amines) is 1. The van der Waals surface area contributed by atoms with E-state index >= 15 is 0 Å². The van der Waals surface area contributed by atoms with Crippen molar-refractivity contribution >= 4 is 0 Å². The zero-order valence-electron chi connectivity index (χ0n) is 9.74. The topological polar surface area (TPSA) is 27.0 Å². The third-order valence-electron chi connectivity index (χ3n) is 3.75. The predicted molar refractivity (Wildman–Crippen MR) is 57.5 cm³/mol. The molecule has 0 aromatic carbocycles. The Balaban J connectivity index is 0.00000169. The fourth-order valence-electron chi connectivity index (χ4n) is 2.45. The van der Waals surface area contributed by atoms with Crippen LogP contribution in [-0.2, 0) is 0 Å². The molecule has 87 valence electrons. The Kier molecular flexibility index (Phi) is 2.69. The van der Waals surface area contributed by atoms with Gasteiger partial charge in [0.05, 0.1) is 0 Å². The van der Waals surface area contributed by atoms with Gasteiger partial charge in [0.2, 0.25) is 0 Å². The molecule has 0 aromatic rings. The summed E-state index contributed by atoms with van der Waals surface area (Å²) in [6.45, 7) is 12.6. The van der Waals surface area contributed by atoms with Crippen LogP contribution >= 0.6 is 0 Å². The standard InChI is InChI=1S/C11H21N2.Es/c1-8(12)9-7-10(2,3)13(6)11(9,4)5;/h9,12H,1,7H2,2-6H3;/q-1;. The minimum absolute atomic E-state index is 0. The van der Waals surface area contributed by atoms with E-state index in [2.05, 4.69) is 46.2 Å². The van der Waals surface area contributed by atoms with Crippen LogP contribution in [0.2, 0.25) is 0 Å². The Hall–Kier alpha value is -1.50. The third-order valence-corrected chi connectivity index (χ3v) is 3.75. The van der Waals surface area contributed by atoms with Crippen molar-refractivity contribution in [2.45, 2.75) is 45.2 Å². The zero-order valence-corrected chi connectivity index (χ0v) is 12.3. The first-order valence-corrected chi connectivity index (χ1v) is 4.84. The molecule has 1 aliphatic heterocycles. The number of hydrogen-bond donors (Lipinski definition) is 0. The van der Waals surface area contributed by atoms with Gasteiger partial charge in [-0.1, -0.05) is 0 Å². The molecule has 2 nitrogen and oxygen atoms in total. The van der Waals surface area contributed by atoms with Gasteiger partial charge in [0.1, 0.15) is 0 Å². The van der Waals surface area contributed by atoms with E-state index in [1.54, 1.807) is 0 Å². The van der Waals surface area contributed by atoms with Crippen molar-refractivity contribution < 1.29 is 0 Å². The first-order valence-electron chi connectivity index (χ1n) is 4.84. The van der Waals surface area contributed by atoms with Gasteiger partial charge in [-0.05, 0) is 47.1 Å². The van der Waals surface area contributed by atoms with Crippen molar-refractivity contribution in [3.05, 3.63) is 18.0 Å². The van der Waals surface area contributed by atoms with Crippen LogP contribution in [0.15, 0.2) is 12.3 Å². The Morgan fingerprint density at radius 3 is 1.93 bits per heavy atom. The van der Waals surface area contributed by atoms with Crippen molar-refractivity contribution in [2.75, 3.05) is 7.05 Å². The summed E-state index contributed by atoms with van der Waals surface area (Å²) in [5.41, 5.74) is 8.51. The van der Waals surface area contributed by atoms with E-state index in [0.29, 0.717) is 11.6 Å². The molecule has 1 heterocycles. The molecule has 14 heavy (non-hydrogen) atoms. The fourth-order valence-corrected chi connectivity index (χ4v) is 2.45. The Morgan fingerprint density at radius 1 is 1.36 bits per heavy atom. The molecule has 0 aromatic heterocycles. The summed E-state index contributed by atoms with van der Waals surface area (Å²) in [5, 5.41) is 0. The summed E-state index contributed by atoms with van der Waals surface area (Å²) >= 11 is 0. The number of nitrogens with one attached hydrogen (secondary N) is 1. The van der Waals surface area contributed by atoms with Crippen LogP contribution in [0.4, 0.5) is 0 Å². The first kappa shape index (κ1) is 12.5. The van der Waals surface area contributed by atoms with Crippen LogP contribution in [0.3, 0.4) is 0 Å². The second kappa shape index (κ2) is 3.02. The summed E-state index contributed by atoms with van der Waals surface area (Å²) in [5.74, 6) is 0.299. The molecular weight excluding hydrogens is 412 g/mol. The summed E-state index contributed by atoms with van der Waals surface area (Å²) in [4.78, 5) is 2.37. The van der Waals surface area contributed by atoms with Gasteiger partial charge in [-0.3, -0.25) is 4.90 Å². The molecule has 0 spiro atoms. The van der Waals surface area contributed by atoms with Crippen LogP contribution in [0, 0.1) is 5.92 Å². The molecule has 1 unspecified atom stereocenters. The molecule has 1 radical (unpaired) electrons. The van der Waals surface area contributed by atoms with Crippen LogP contribution in [-0.4, -0.2) is 23.0 Å². The van der Waals surface area contributed by atoms with Gasteiger partial charge in [-0.25, -0.2) is 0 Å². The van der Waals surface area contributed by atoms with Gasteiger partial charge < -0.3 is 5.73 Å². The molecule has 1 N–H and O–H groups in total. The fraction of sp³-hybridized carbons (Fsp3) is 0.818. The summed E-state index contributed by atoms with van der Waals surface area (Å²) in [6, 6.07) is 0. The van der Waals surface area contributed by atoms with E-state index in [1.807, 2.05) is 0 Å². The van der Waals surface area contributed by atoms with Crippen molar-refractivity contribution in [3.8, 4) is 0 Å². The maximum absolute atomic E-state index is 7.68. The number of rotatable bonds is 1. The summed E-state index contributed by atoms with van der Waals surface area (Å²) in [6.07, 6.45) is 1.04. The van der Waals surface area contributed by atoms with Gasteiger partial charge >= 0.3 is 0 Å². The van der Waals surface area contributed by atoms with Gasteiger partial charge in [0, 0.05) is 11.1 Å². The first-order chi connectivity index (χ1) is 5.69. The summed E-state index contributed by atoms with van der Waals surface area (Å²) in [7, 11) is 2.14. The van der Waals surface area contributed by atoms with E-state index in [9.17, 15) is 0 Å². The van der Waals surface area contributed by atoms with E-state index in [1.165, 1.54) is 0 Å². The molecular formula is C11H21EsN2-. The van der Waals surface area contributed by atoms with Crippen molar-refractivity contribution in [1.29, 1.82) is 0 Å². The Bertz CT molecular complexity index is 233. The van der Waals surface area contributed by atoms with E-state index in [0.717, 1.165) is 6.42 Å². The number of hydrogen-bond acceptors (Lipinski definition) is 1. The molecule has 1 fully saturated rings. The van der Waals surface area contributed by atoms with E-state index < -0.39 is 0 Å². The Labute approximate surface area is 81.8 Å². The molecule has 0 saturated carbocycles. The van der Waals surface area contributed by atoms with Crippen molar-refractivity contribution in [3.63, 3.8) is 0 Å². The molecule has 3 heteroatoms. The monoisotopic (exact) mass is 433 g/mol. The van der Waals surface area contributed by atoms with Gasteiger partial charge in [-0.15, -0.1) is 6.58 Å². The van der Waals surface area contributed by atoms with Gasteiger partial charge in [0.25, 0.3) is 0 Å². The average Bonchev–Trinajstić information content (AvgIpc) is 2.11. The van der Waals surface area contributed by atoms with Crippen LogP contribution in [0.1, 0.15) is 34.1 Å². The molecule has 0 amide bonds. The second-order valence-electron chi connectivity index (χ2n) is 5.31. The largest absolute Gasteiger partial charge is 0.702 e. The van der Waals surface area contributed by atoms with E-state index in [-0.39, 0.29) is 11.1 Å². The SMILES string of the molecule is C=C([NH-])C1CC(C)(C)N(C)C1(C)C.[Es]. The zero-order chi connectivity index (χ0) is 10.4. The second-order valence-corrected chi connectivity index (χ2v) is 5.31. The minimum Gasteiger partial charge on any atom is -0.702 e. The molecule has 0 aliphatic carbocycles. The van der Waals surface area contributed by atoms with Gasteiger partial charge in [-0.2, -0.15) is 5.70 Å². The van der Waals surface area contributed by atoms with Crippen LogP contribution in [0.5, 0.6) is 0 Å². The molecule has 1 rings (SSSR count). The Morgan fingerprint density at radius 2 is 1.79 bits per heavy atom. The van der Waals surface area contributed by atoms with Crippen molar-refractivity contribution in [2.24, 2.45) is 5.92 Å². The summed E-state index contributed by atoms with van der Waals surface area (Å²) < 4.78 is 0. The predicted octanol–water partition coefficient (Wildman–Crippen LogP) is 3.06. The molecule has 1 aliphatic rings. The third kappa shape index (κ3) is 1.46. The maximum atomic E-state index is 7.68. The maximum Gasteiger partial charge on any atom is 0.0206 e. The quantitative estimate of drug-likeness (QED) is 0.625. The molecule has 1 atom stereocenters. The van der Waals surface area contributed by atoms with Crippen LogP contribution in [0.25, 0.3) is 5.73 Å². The smallest absolute Gasteiger partial charge is 0.0206 e. The minimum atomic E-state index is 0. The normalized spacial score (nSPS) is 29.6. The molecule has 0 bridgehead atoms. The molecule has 1 saturated heterocycles. The number of nitrogens with zero attached hydrogens (tertiary/aromatic N) is 1. The van der Waals surface area contributed by atoms with Gasteiger partial charge in [0.15, 0.2) is 0 Å². The van der Waals surface area contributed by atoms with Crippen molar-refractivity contribution in [1.82, 2.24) is 4.90 Å².